The molecule has 2 aliphatic heterocycles. The van der Waals surface area contributed by atoms with Crippen LogP contribution < -0.4 is 15.8 Å². The summed E-state index contributed by atoms with van der Waals surface area (Å²) in [5.74, 6) is 0.128. The first-order valence-corrected chi connectivity index (χ1v) is 12.2. The molecule has 9 nitrogen and oxygen atoms in total. The third kappa shape index (κ3) is 5.49. The number of hydrogen-bond donors (Lipinski definition) is 3. The fourth-order valence-electron chi connectivity index (χ4n) is 5.05. The van der Waals surface area contributed by atoms with Gasteiger partial charge in [0.15, 0.2) is 5.65 Å². The number of morpholine rings is 1. The van der Waals surface area contributed by atoms with Gasteiger partial charge < -0.3 is 30.4 Å². The van der Waals surface area contributed by atoms with Gasteiger partial charge in [0.05, 0.1) is 11.2 Å². The van der Waals surface area contributed by atoms with E-state index < -0.39 is 12.1 Å². The van der Waals surface area contributed by atoms with E-state index in [0.29, 0.717) is 38.1 Å². The van der Waals surface area contributed by atoms with Crippen molar-refractivity contribution in [2.45, 2.75) is 50.7 Å². The topological polar surface area (TPSA) is 118 Å². The molecule has 2 saturated heterocycles. The molecule has 5 rings (SSSR count). The number of piperidine rings is 1. The summed E-state index contributed by atoms with van der Waals surface area (Å²) in [4.78, 5) is 27.3. The Balaban J connectivity index is 1.28. The number of nitrogen functional groups attached to an aromatic ring is 1. The molecule has 2 fully saturated rings. The minimum absolute atomic E-state index is 0.0589. The van der Waals surface area contributed by atoms with E-state index in [-0.39, 0.29) is 34.8 Å². The number of alkyl halides is 3. The van der Waals surface area contributed by atoms with E-state index in [1.165, 1.54) is 6.07 Å². The predicted octanol–water partition coefficient (Wildman–Crippen LogP) is 3.90. The van der Waals surface area contributed by atoms with Gasteiger partial charge in [0.25, 0.3) is 5.91 Å². The molecule has 0 radical (unpaired) electrons. The number of halogens is 3. The van der Waals surface area contributed by atoms with Gasteiger partial charge in [0.2, 0.25) is 0 Å². The summed E-state index contributed by atoms with van der Waals surface area (Å²) >= 11 is 0. The van der Waals surface area contributed by atoms with Gasteiger partial charge in [0, 0.05) is 44.1 Å². The highest BCUT2D eigenvalue weighted by Gasteiger charge is 2.33. The maximum atomic E-state index is 13.0. The highest BCUT2D eigenvalue weighted by atomic mass is 19.4. The lowest BCUT2D eigenvalue weighted by atomic mass is 9.89. The van der Waals surface area contributed by atoms with Crippen molar-refractivity contribution in [3.8, 4) is 5.75 Å². The lowest BCUT2D eigenvalue weighted by molar-refractivity contribution is -0.274. The normalized spacial score (nSPS) is 20.8. The molecule has 198 valence electrons. The van der Waals surface area contributed by atoms with Crippen molar-refractivity contribution >= 4 is 22.8 Å². The van der Waals surface area contributed by atoms with Gasteiger partial charge in [-0.05, 0) is 56.4 Å². The number of nitrogens with one attached hydrogen (secondary N) is 2. The Hall–Kier alpha value is -3.38. The number of imidazole rings is 1. The Morgan fingerprint density at radius 2 is 2.00 bits per heavy atom. The number of amides is 1. The van der Waals surface area contributed by atoms with Gasteiger partial charge in [0.1, 0.15) is 23.2 Å². The predicted molar refractivity (Wildman–Crippen MR) is 130 cm³/mol. The maximum Gasteiger partial charge on any atom is 0.573 e. The number of rotatable bonds is 4. The second-order valence-corrected chi connectivity index (χ2v) is 10.1. The number of H-pyrrole nitrogens is 1. The lowest BCUT2D eigenvalue weighted by Crippen LogP contribution is -2.47. The molecule has 2 aliphatic rings. The Labute approximate surface area is 211 Å². The van der Waals surface area contributed by atoms with E-state index in [2.05, 4.69) is 20.0 Å². The largest absolute Gasteiger partial charge is 0.573 e. The molecular formula is C25H29F3N6O3. The number of likely N-dealkylation sites (tertiary alicyclic amines) is 1. The molecule has 0 unspecified atom stereocenters. The molecule has 12 heteroatoms. The Morgan fingerprint density at radius 3 is 2.68 bits per heavy atom. The molecule has 1 amide bonds. The van der Waals surface area contributed by atoms with Gasteiger partial charge in [-0.3, -0.25) is 4.79 Å². The van der Waals surface area contributed by atoms with Crippen molar-refractivity contribution in [2.24, 2.45) is 0 Å². The van der Waals surface area contributed by atoms with Crippen LogP contribution >= 0.6 is 0 Å². The van der Waals surface area contributed by atoms with Gasteiger partial charge >= 0.3 is 6.36 Å². The smallest absolute Gasteiger partial charge is 0.406 e. The SMILES string of the molecule is CC1(C)CNC[C@@H](c2nc3c(C4CCN(C(=O)c5ccc(OC(F)(F)F)cc5N)CC4)ccnc3[nH]2)O1. The van der Waals surface area contributed by atoms with Crippen molar-refractivity contribution in [3.05, 3.63) is 47.4 Å². The standard InChI is InChI=1S/C25H29F3N6O3/c1-24(2)13-30-12-19(37-24)21-32-20-16(5-8-31-22(20)33-21)14-6-9-34(10-7-14)23(35)17-4-3-15(11-18(17)29)36-25(26,27)28/h3-5,8,11,14,19,30H,6-7,9-10,12-13,29H2,1-2H3,(H,31,32,33)/t19-/m0/s1. The number of aromatic nitrogens is 3. The summed E-state index contributed by atoms with van der Waals surface area (Å²) in [5.41, 5.74) is 8.25. The van der Waals surface area contributed by atoms with Crippen molar-refractivity contribution < 1.29 is 27.4 Å². The van der Waals surface area contributed by atoms with E-state index >= 15 is 0 Å². The van der Waals surface area contributed by atoms with Gasteiger partial charge in [-0.25, -0.2) is 9.97 Å². The van der Waals surface area contributed by atoms with E-state index in [4.69, 9.17) is 15.5 Å². The monoisotopic (exact) mass is 518 g/mol. The first-order chi connectivity index (χ1) is 17.5. The van der Waals surface area contributed by atoms with Crippen LogP contribution in [-0.2, 0) is 4.74 Å². The molecule has 4 N–H and O–H groups in total. The molecule has 0 bridgehead atoms. The number of nitrogens with zero attached hydrogens (tertiary/aromatic N) is 3. The highest BCUT2D eigenvalue weighted by Crippen LogP contribution is 2.34. The van der Waals surface area contributed by atoms with Gasteiger partial charge in [-0.2, -0.15) is 0 Å². The van der Waals surface area contributed by atoms with Gasteiger partial charge in [-0.15, -0.1) is 13.2 Å². The first kappa shape index (κ1) is 25.3. The van der Waals surface area contributed by atoms with Crippen molar-refractivity contribution in [1.29, 1.82) is 0 Å². The maximum absolute atomic E-state index is 13.0. The van der Waals surface area contributed by atoms with Crippen LogP contribution in [0.25, 0.3) is 11.2 Å². The molecule has 4 heterocycles. The molecule has 1 aromatic carbocycles. The van der Waals surface area contributed by atoms with E-state index in [1.54, 1.807) is 11.1 Å². The number of aromatic amines is 1. The average Bonchev–Trinajstić information content (AvgIpc) is 3.27. The number of carbonyl (C=O) groups is 1. The quantitative estimate of drug-likeness (QED) is 0.449. The van der Waals surface area contributed by atoms with Crippen molar-refractivity contribution in [1.82, 2.24) is 25.2 Å². The van der Waals surface area contributed by atoms with Crippen LogP contribution in [-0.4, -0.2) is 63.9 Å². The average molecular weight is 519 g/mol. The second-order valence-electron chi connectivity index (χ2n) is 10.1. The van der Waals surface area contributed by atoms with Crippen LogP contribution in [0.2, 0.25) is 0 Å². The fourth-order valence-corrected chi connectivity index (χ4v) is 5.05. The Bertz CT molecular complexity index is 1300. The lowest BCUT2D eigenvalue weighted by Gasteiger charge is -2.35. The molecule has 37 heavy (non-hydrogen) atoms. The zero-order chi connectivity index (χ0) is 26.4. The summed E-state index contributed by atoms with van der Waals surface area (Å²) in [7, 11) is 0. The minimum Gasteiger partial charge on any atom is -0.406 e. The van der Waals surface area contributed by atoms with E-state index in [0.717, 1.165) is 35.6 Å². The number of hydrogen-bond acceptors (Lipinski definition) is 7. The van der Waals surface area contributed by atoms with E-state index in [1.807, 2.05) is 19.9 Å². The summed E-state index contributed by atoms with van der Waals surface area (Å²) in [6.45, 7) is 6.45. The fraction of sp³-hybridized carbons (Fsp3) is 0.480. The molecular weight excluding hydrogens is 489 g/mol. The molecule has 2 aromatic heterocycles. The summed E-state index contributed by atoms with van der Waals surface area (Å²) in [6, 6.07) is 5.35. The molecule has 0 saturated carbocycles. The minimum atomic E-state index is -4.83. The molecule has 0 spiro atoms. The molecule has 1 atom stereocenters. The van der Waals surface area contributed by atoms with Crippen LogP contribution in [0.1, 0.15) is 60.5 Å². The van der Waals surface area contributed by atoms with Crippen LogP contribution in [0.5, 0.6) is 5.75 Å². The van der Waals surface area contributed by atoms with Crippen LogP contribution in [0.3, 0.4) is 0 Å². The number of benzene rings is 1. The van der Waals surface area contributed by atoms with Crippen LogP contribution in [0, 0.1) is 0 Å². The number of pyridine rings is 1. The molecule has 3 aromatic rings. The van der Waals surface area contributed by atoms with Crippen molar-refractivity contribution in [2.75, 3.05) is 31.9 Å². The third-order valence-electron chi connectivity index (χ3n) is 6.79. The number of fused-ring (bicyclic) bond motifs is 1. The number of anilines is 1. The first-order valence-electron chi connectivity index (χ1n) is 12.2. The third-order valence-corrected chi connectivity index (χ3v) is 6.79. The summed E-state index contributed by atoms with van der Waals surface area (Å²) in [5, 5.41) is 3.38. The zero-order valence-electron chi connectivity index (χ0n) is 20.6. The Kier molecular flexibility index (Phi) is 6.48. The highest BCUT2D eigenvalue weighted by molar-refractivity contribution is 5.99. The second kappa shape index (κ2) is 9.49. The van der Waals surface area contributed by atoms with Crippen LogP contribution in [0.15, 0.2) is 30.5 Å². The Morgan fingerprint density at radius 1 is 1.24 bits per heavy atom. The number of carbonyl (C=O) groups excluding carboxylic acids is 1. The van der Waals surface area contributed by atoms with E-state index in [9.17, 15) is 18.0 Å². The summed E-state index contributed by atoms with van der Waals surface area (Å²) < 4.78 is 47.5. The van der Waals surface area contributed by atoms with Gasteiger partial charge in [-0.1, -0.05) is 0 Å². The summed E-state index contributed by atoms with van der Waals surface area (Å²) in [6.07, 6.45) is -1.87. The number of nitrogens with two attached hydrogens (primary N) is 1. The van der Waals surface area contributed by atoms with Crippen molar-refractivity contribution in [3.63, 3.8) is 0 Å². The number of ether oxygens (including phenoxy) is 2. The molecule has 0 aliphatic carbocycles. The zero-order valence-corrected chi connectivity index (χ0v) is 20.6. The van der Waals surface area contributed by atoms with Crippen LogP contribution in [0.4, 0.5) is 18.9 Å².